The molecule has 21 heavy (non-hydrogen) atoms. The average molecular weight is 325 g/mol. The molecule has 2 aromatic rings. The van der Waals surface area contributed by atoms with Gasteiger partial charge in [-0.1, -0.05) is 35.2 Å². The predicted molar refractivity (Wildman–Crippen MR) is 82.9 cm³/mol. The summed E-state index contributed by atoms with van der Waals surface area (Å²) in [7, 11) is 0. The predicted octanol–water partition coefficient (Wildman–Crippen LogP) is 3.13. The molecule has 0 saturated heterocycles. The minimum Gasteiger partial charge on any atom is -0.338 e. The fourth-order valence-corrected chi connectivity index (χ4v) is 3.50. The van der Waals surface area contributed by atoms with Crippen molar-refractivity contribution < 1.29 is 9.18 Å². The van der Waals surface area contributed by atoms with Crippen LogP contribution in [0.1, 0.15) is 17.5 Å². The highest BCUT2D eigenvalue weighted by Crippen LogP contribution is 2.22. The molecule has 1 aromatic carbocycles. The van der Waals surface area contributed by atoms with Crippen LogP contribution in [-0.4, -0.2) is 33.3 Å². The summed E-state index contributed by atoms with van der Waals surface area (Å²) in [6.07, 6.45) is 0. The number of nitrogens with zero attached hydrogens (tertiary/aromatic N) is 3. The number of rotatable bonds is 6. The summed E-state index contributed by atoms with van der Waals surface area (Å²) in [6.45, 7) is 4.80. The number of hydrogen-bond donors (Lipinski definition) is 0. The summed E-state index contributed by atoms with van der Waals surface area (Å²) in [4.78, 5) is 13.9. The second-order valence-corrected chi connectivity index (χ2v) is 6.82. The maximum Gasteiger partial charge on any atom is 0.233 e. The van der Waals surface area contributed by atoms with Crippen LogP contribution in [0.25, 0.3) is 0 Å². The Morgan fingerprint density at radius 2 is 2.24 bits per heavy atom. The van der Waals surface area contributed by atoms with Gasteiger partial charge in [-0.15, -0.1) is 10.2 Å². The van der Waals surface area contributed by atoms with Gasteiger partial charge >= 0.3 is 0 Å². The van der Waals surface area contributed by atoms with Crippen molar-refractivity contribution in [1.82, 2.24) is 15.1 Å². The lowest BCUT2D eigenvalue weighted by Gasteiger charge is -2.20. The first-order chi connectivity index (χ1) is 10.1. The molecule has 112 valence electrons. The van der Waals surface area contributed by atoms with Crippen molar-refractivity contribution in [3.63, 3.8) is 0 Å². The first-order valence-corrected chi connectivity index (χ1v) is 8.34. The molecule has 1 heterocycles. The van der Waals surface area contributed by atoms with E-state index in [1.807, 2.05) is 19.9 Å². The van der Waals surface area contributed by atoms with Gasteiger partial charge < -0.3 is 4.90 Å². The zero-order valence-electron chi connectivity index (χ0n) is 11.9. The van der Waals surface area contributed by atoms with Gasteiger partial charge in [0.2, 0.25) is 5.91 Å². The van der Waals surface area contributed by atoms with E-state index < -0.39 is 0 Å². The molecule has 1 amide bonds. The molecule has 0 aliphatic heterocycles. The van der Waals surface area contributed by atoms with Gasteiger partial charge in [-0.2, -0.15) is 0 Å². The first-order valence-electron chi connectivity index (χ1n) is 6.53. The Kier molecular flexibility index (Phi) is 5.69. The van der Waals surface area contributed by atoms with Crippen molar-refractivity contribution in [2.45, 2.75) is 24.7 Å². The third-order valence-corrected chi connectivity index (χ3v) is 4.78. The smallest absolute Gasteiger partial charge is 0.233 e. The topological polar surface area (TPSA) is 46.1 Å². The number of carbonyl (C=O) groups excluding carboxylic acids is 1. The summed E-state index contributed by atoms with van der Waals surface area (Å²) in [5.41, 5.74) is 0.793. The highest BCUT2D eigenvalue weighted by Gasteiger charge is 2.14. The Balaban J connectivity index is 1.92. The number of halogens is 1. The molecule has 0 N–H and O–H groups in total. The first kappa shape index (κ1) is 15.9. The third kappa shape index (κ3) is 4.78. The zero-order valence-corrected chi connectivity index (χ0v) is 13.5. The fraction of sp³-hybridized carbons (Fsp3) is 0.357. The van der Waals surface area contributed by atoms with E-state index in [0.717, 1.165) is 14.9 Å². The third-order valence-electron chi connectivity index (χ3n) is 2.82. The van der Waals surface area contributed by atoms with Gasteiger partial charge in [0, 0.05) is 13.1 Å². The number of aryl methyl sites for hydroxylation is 1. The number of carbonyl (C=O) groups is 1. The lowest BCUT2D eigenvalue weighted by Crippen LogP contribution is -2.31. The van der Waals surface area contributed by atoms with Crippen molar-refractivity contribution in [3.05, 3.63) is 40.7 Å². The molecule has 0 spiro atoms. The highest BCUT2D eigenvalue weighted by molar-refractivity contribution is 8.01. The van der Waals surface area contributed by atoms with Gasteiger partial charge in [0.05, 0.1) is 5.75 Å². The van der Waals surface area contributed by atoms with Gasteiger partial charge in [-0.25, -0.2) is 4.39 Å². The minimum atomic E-state index is -0.283. The summed E-state index contributed by atoms with van der Waals surface area (Å²) >= 11 is 2.86. The van der Waals surface area contributed by atoms with Crippen LogP contribution in [-0.2, 0) is 11.3 Å². The molecule has 0 aliphatic carbocycles. The van der Waals surface area contributed by atoms with Gasteiger partial charge in [-0.05, 0) is 31.5 Å². The molecular formula is C14H16FN3OS2. The van der Waals surface area contributed by atoms with Crippen LogP contribution < -0.4 is 0 Å². The Morgan fingerprint density at radius 3 is 2.86 bits per heavy atom. The van der Waals surface area contributed by atoms with Gasteiger partial charge in [0.15, 0.2) is 4.34 Å². The van der Waals surface area contributed by atoms with Crippen LogP contribution in [0.4, 0.5) is 4.39 Å². The molecule has 0 atom stereocenters. The molecule has 0 fully saturated rings. The van der Waals surface area contributed by atoms with Crippen molar-refractivity contribution in [3.8, 4) is 0 Å². The van der Waals surface area contributed by atoms with E-state index in [2.05, 4.69) is 10.2 Å². The van der Waals surface area contributed by atoms with Crippen molar-refractivity contribution >= 4 is 29.0 Å². The summed E-state index contributed by atoms with van der Waals surface area (Å²) < 4.78 is 14.0. The molecule has 1 aromatic heterocycles. The quantitative estimate of drug-likeness (QED) is 0.766. The van der Waals surface area contributed by atoms with Crippen molar-refractivity contribution in [1.29, 1.82) is 0 Å². The summed E-state index contributed by atoms with van der Waals surface area (Å²) in [5, 5.41) is 8.78. The van der Waals surface area contributed by atoms with Gasteiger partial charge in [-0.3, -0.25) is 4.79 Å². The second kappa shape index (κ2) is 7.51. The standard InChI is InChI=1S/C14H16FN3OS2/c1-3-18(8-11-5-4-6-12(15)7-11)13(19)9-20-14-17-16-10(2)21-14/h4-7H,3,8-9H2,1-2H3. The van der Waals surface area contributed by atoms with E-state index in [4.69, 9.17) is 0 Å². The van der Waals surface area contributed by atoms with E-state index >= 15 is 0 Å². The lowest BCUT2D eigenvalue weighted by atomic mass is 10.2. The van der Waals surface area contributed by atoms with Crippen LogP contribution in [0.2, 0.25) is 0 Å². The highest BCUT2D eigenvalue weighted by atomic mass is 32.2. The molecule has 0 unspecified atom stereocenters. The van der Waals surface area contributed by atoms with E-state index in [9.17, 15) is 9.18 Å². The van der Waals surface area contributed by atoms with Crippen LogP contribution in [0.3, 0.4) is 0 Å². The molecule has 0 radical (unpaired) electrons. The van der Waals surface area contributed by atoms with Crippen LogP contribution in [0, 0.1) is 12.7 Å². The maximum absolute atomic E-state index is 13.2. The van der Waals surface area contributed by atoms with Crippen LogP contribution in [0.5, 0.6) is 0 Å². The number of aromatic nitrogens is 2. The number of thioether (sulfide) groups is 1. The minimum absolute atomic E-state index is 0.0135. The fourth-order valence-electron chi connectivity index (χ4n) is 1.78. The SMILES string of the molecule is CCN(Cc1cccc(F)c1)C(=O)CSc1nnc(C)s1. The Labute approximate surface area is 131 Å². The average Bonchev–Trinajstić information content (AvgIpc) is 2.88. The molecular weight excluding hydrogens is 309 g/mol. The van der Waals surface area contributed by atoms with E-state index in [-0.39, 0.29) is 11.7 Å². The molecule has 0 bridgehead atoms. The number of amides is 1. The largest absolute Gasteiger partial charge is 0.338 e. The van der Waals surface area contributed by atoms with E-state index in [0.29, 0.717) is 18.8 Å². The lowest BCUT2D eigenvalue weighted by molar-refractivity contribution is -0.128. The Bertz CT molecular complexity index is 618. The molecule has 2 rings (SSSR count). The van der Waals surface area contributed by atoms with Gasteiger partial charge in [0.1, 0.15) is 10.8 Å². The van der Waals surface area contributed by atoms with Crippen molar-refractivity contribution in [2.75, 3.05) is 12.3 Å². The monoisotopic (exact) mass is 325 g/mol. The Hall–Kier alpha value is -1.47. The van der Waals surface area contributed by atoms with Crippen LogP contribution >= 0.6 is 23.1 Å². The Morgan fingerprint density at radius 1 is 1.43 bits per heavy atom. The number of hydrogen-bond acceptors (Lipinski definition) is 5. The van der Waals surface area contributed by atoms with E-state index in [1.54, 1.807) is 11.0 Å². The maximum atomic E-state index is 13.2. The molecule has 4 nitrogen and oxygen atoms in total. The zero-order chi connectivity index (χ0) is 15.2. The number of benzene rings is 1. The summed E-state index contributed by atoms with van der Waals surface area (Å²) in [6, 6.07) is 6.33. The van der Waals surface area contributed by atoms with Gasteiger partial charge in [0.25, 0.3) is 0 Å². The molecule has 0 saturated carbocycles. The second-order valence-electron chi connectivity index (χ2n) is 4.41. The normalized spacial score (nSPS) is 10.6. The van der Waals surface area contributed by atoms with Crippen LogP contribution in [0.15, 0.2) is 28.6 Å². The molecule has 0 aliphatic rings. The summed E-state index contributed by atoms with van der Waals surface area (Å²) in [5.74, 6) is 0.0481. The molecule has 7 heteroatoms. The van der Waals surface area contributed by atoms with E-state index in [1.165, 1.54) is 35.2 Å². The van der Waals surface area contributed by atoms with Crippen molar-refractivity contribution in [2.24, 2.45) is 0 Å².